The average Bonchev–Trinajstić information content (AvgIpc) is 2.56. The largest absolute Gasteiger partial charge is 0.466 e. The van der Waals surface area contributed by atoms with E-state index in [4.69, 9.17) is 4.74 Å². The van der Waals surface area contributed by atoms with Gasteiger partial charge in [-0.15, -0.1) is 0 Å². The first-order chi connectivity index (χ1) is 10.8. The van der Waals surface area contributed by atoms with E-state index >= 15 is 0 Å². The van der Waals surface area contributed by atoms with Gasteiger partial charge in [0.2, 0.25) is 0 Å². The molecule has 0 aliphatic heterocycles. The van der Waals surface area contributed by atoms with Crippen LogP contribution in [0.4, 0.5) is 5.69 Å². The van der Waals surface area contributed by atoms with Crippen LogP contribution in [-0.2, 0) is 9.53 Å². The second kappa shape index (κ2) is 8.23. The van der Waals surface area contributed by atoms with Crippen LogP contribution in [0.2, 0.25) is 0 Å². The van der Waals surface area contributed by atoms with Gasteiger partial charge in [0.1, 0.15) is 0 Å². The van der Waals surface area contributed by atoms with E-state index in [0.29, 0.717) is 6.61 Å². The molecule has 0 bridgehead atoms. The van der Waals surface area contributed by atoms with Crippen LogP contribution in [0.15, 0.2) is 60.7 Å². The third kappa shape index (κ3) is 4.10. The van der Waals surface area contributed by atoms with E-state index in [1.54, 1.807) is 0 Å². The number of benzene rings is 2. The lowest BCUT2D eigenvalue weighted by Gasteiger charge is -2.27. The molecule has 2 aromatic carbocycles. The molecule has 0 aromatic heterocycles. The standard InChI is InChI=1S/C19H23NO2/c1-3-17(19(21)22-4-2)18(15-11-7-5-8-12-15)20-16-13-9-6-10-14-16/h5-14,17-18,20H,3-4H2,1-2H3/t17-,18+/m0/s1. The predicted octanol–water partition coefficient (Wildman–Crippen LogP) is 4.43. The second-order valence-corrected chi connectivity index (χ2v) is 5.17. The van der Waals surface area contributed by atoms with E-state index < -0.39 is 0 Å². The summed E-state index contributed by atoms with van der Waals surface area (Å²) in [5.74, 6) is -0.371. The molecule has 0 spiro atoms. The summed E-state index contributed by atoms with van der Waals surface area (Å²) < 4.78 is 5.26. The highest BCUT2D eigenvalue weighted by molar-refractivity contribution is 5.74. The van der Waals surface area contributed by atoms with Gasteiger partial charge in [0.15, 0.2) is 0 Å². The first kappa shape index (κ1) is 16.1. The lowest BCUT2D eigenvalue weighted by atomic mass is 9.90. The van der Waals surface area contributed by atoms with Crippen LogP contribution < -0.4 is 5.32 Å². The van der Waals surface area contributed by atoms with Gasteiger partial charge in [-0.05, 0) is 31.0 Å². The number of anilines is 1. The molecule has 2 rings (SSSR count). The second-order valence-electron chi connectivity index (χ2n) is 5.17. The Kier molecular flexibility index (Phi) is 6.01. The summed E-state index contributed by atoms with van der Waals surface area (Å²) in [6.45, 7) is 4.26. The maximum absolute atomic E-state index is 12.3. The third-order valence-corrected chi connectivity index (χ3v) is 3.69. The topological polar surface area (TPSA) is 38.3 Å². The van der Waals surface area contributed by atoms with Crippen molar-refractivity contribution in [2.24, 2.45) is 5.92 Å². The van der Waals surface area contributed by atoms with Gasteiger partial charge in [0, 0.05) is 5.69 Å². The molecule has 2 aromatic rings. The van der Waals surface area contributed by atoms with E-state index in [1.165, 1.54) is 0 Å². The fourth-order valence-electron chi connectivity index (χ4n) is 2.58. The van der Waals surface area contributed by atoms with Gasteiger partial charge in [-0.3, -0.25) is 4.79 Å². The Morgan fingerprint density at radius 2 is 1.59 bits per heavy atom. The van der Waals surface area contributed by atoms with Crippen molar-refractivity contribution in [3.8, 4) is 0 Å². The maximum atomic E-state index is 12.3. The SMILES string of the molecule is CCOC(=O)[C@@H](CC)[C@H](Nc1ccccc1)c1ccccc1. The van der Waals surface area contributed by atoms with Gasteiger partial charge in [0.25, 0.3) is 0 Å². The molecule has 0 aliphatic carbocycles. The highest BCUT2D eigenvalue weighted by atomic mass is 16.5. The summed E-state index contributed by atoms with van der Waals surface area (Å²) in [5.41, 5.74) is 2.09. The van der Waals surface area contributed by atoms with Gasteiger partial charge >= 0.3 is 5.97 Å². The number of para-hydroxylation sites is 1. The van der Waals surface area contributed by atoms with E-state index in [9.17, 15) is 4.79 Å². The minimum Gasteiger partial charge on any atom is -0.466 e. The number of nitrogens with one attached hydrogen (secondary N) is 1. The highest BCUT2D eigenvalue weighted by Gasteiger charge is 2.29. The number of rotatable bonds is 7. The summed E-state index contributed by atoms with van der Waals surface area (Å²) in [6.07, 6.45) is 0.720. The van der Waals surface area contributed by atoms with Crippen molar-refractivity contribution in [2.75, 3.05) is 11.9 Å². The van der Waals surface area contributed by atoms with Crippen LogP contribution >= 0.6 is 0 Å². The molecular formula is C19H23NO2. The molecule has 0 radical (unpaired) electrons. The number of carbonyl (C=O) groups is 1. The molecule has 0 saturated heterocycles. The first-order valence-electron chi connectivity index (χ1n) is 7.79. The Bertz CT molecular complexity index is 569. The van der Waals surface area contributed by atoms with Crippen LogP contribution in [0.3, 0.4) is 0 Å². The van der Waals surface area contributed by atoms with Crippen molar-refractivity contribution < 1.29 is 9.53 Å². The maximum Gasteiger partial charge on any atom is 0.311 e. The molecule has 0 fully saturated rings. The minimum absolute atomic E-state index is 0.104. The van der Waals surface area contributed by atoms with E-state index in [1.807, 2.05) is 74.5 Å². The van der Waals surface area contributed by atoms with Crippen LogP contribution in [0.1, 0.15) is 31.9 Å². The Morgan fingerprint density at radius 3 is 2.14 bits per heavy atom. The third-order valence-electron chi connectivity index (χ3n) is 3.69. The van der Waals surface area contributed by atoms with E-state index in [-0.39, 0.29) is 17.9 Å². The zero-order valence-electron chi connectivity index (χ0n) is 13.2. The Hall–Kier alpha value is -2.29. The van der Waals surface area contributed by atoms with Crippen LogP contribution in [0, 0.1) is 5.92 Å². The summed E-state index contributed by atoms with van der Waals surface area (Å²) in [6, 6.07) is 19.9. The van der Waals surface area contributed by atoms with Crippen LogP contribution in [0.25, 0.3) is 0 Å². The van der Waals surface area contributed by atoms with Crippen molar-refractivity contribution in [3.63, 3.8) is 0 Å². The number of carbonyl (C=O) groups excluding carboxylic acids is 1. The summed E-state index contributed by atoms with van der Waals surface area (Å²) in [7, 11) is 0. The van der Waals surface area contributed by atoms with Crippen molar-refractivity contribution in [2.45, 2.75) is 26.3 Å². The molecular weight excluding hydrogens is 274 g/mol. The van der Waals surface area contributed by atoms with Gasteiger partial charge in [-0.1, -0.05) is 55.5 Å². The molecule has 0 unspecified atom stereocenters. The predicted molar refractivity (Wildman–Crippen MR) is 89.7 cm³/mol. The molecule has 0 heterocycles. The Balaban J connectivity index is 2.30. The summed E-state index contributed by atoms with van der Waals surface area (Å²) >= 11 is 0. The number of hydrogen-bond acceptors (Lipinski definition) is 3. The monoisotopic (exact) mass is 297 g/mol. The average molecular weight is 297 g/mol. The molecule has 3 nitrogen and oxygen atoms in total. The number of hydrogen-bond donors (Lipinski definition) is 1. The minimum atomic E-state index is -0.220. The highest BCUT2D eigenvalue weighted by Crippen LogP contribution is 2.30. The molecule has 3 heteroatoms. The van der Waals surface area contributed by atoms with Gasteiger partial charge in [-0.2, -0.15) is 0 Å². The van der Waals surface area contributed by atoms with Crippen LogP contribution in [0.5, 0.6) is 0 Å². The van der Waals surface area contributed by atoms with Gasteiger partial charge in [-0.25, -0.2) is 0 Å². The zero-order valence-corrected chi connectivity index (χ0v) is 13.2. The molecule has 2 atom stereocenters. The van der Waals surface area contributed by atoms with Crippen LogP contribution in [-0.4, -0.2) is 12.6 Å². The smallest absolute Gasteiger partial charge is 0.311 e. The van der Waals surface area contributed by atoms with Gasteiger partial charge in [0.05, 0.1) is 18.6 Å². The molecule has 1 N–H and O–H groups in total. The molecule has 22 heavy (non-hydrogen) atoms. The fraction of sp³-hybridized carbons (Fsp3) is 0.316. The lowest BCUT2D eigenvalue weighted by molar-refractivity contribution is -0.148. The van der Waals surface area contributed by atoms with Crippen molar-refractivity contribution in [1.29, 1.82) is 0 Å². The number of ether oxygens (including phenoxy) is 1. The van der Waals surface area contributed by atoms with E-state index in [0.717, 1.165) is 17.7 Å². The van der Waals surface area contributed by atoms with Crippen molar-refractivity contribution in [1.82, 2.24) is 0 Å². The molecule has 0 aliphatic rings. The van der Waals surface area contributed by atoms with Crippen molar-refractivity contribution >= 4 is 11.7 Å². The summed E-state index contributed by atoms with van der Waals surface area (Å²) in [4.78, 5) is 12.3. The van der Waals surface area contributed by atoms with Gasteiger partial charge < -0.3 is 10.1 Å². The first-order valence-corrected chi connectivity index (χ1v) is 7.79. The molecule has 116 valence electrons. The quantitative estimate of drug-likeness (QED) is 0.768. The number of esters is 1. The zero-order chi connectivity index (χ0) is 15.8. The van der Waals surface area contributed by atoms with Crippen molar-refractivity contribution in [3.05, 3.63) is 66.2 Å². The normalized spacial score (nSPS) is 13.2. The molecule has 0 amide bonds. The summed E-state index contributed by atoms with van der Waals surface area (Å²) in [5, 5.41) is 3.48. The molecule has 0 saturated carbocycles. The Morgan fingerprint density at radius 1 is 1.00 bits per heavy atom. The Labute approximate surface area is 132 Å². The fourth-order valence-corrected chi connectivity index (χ4v) is 2.58. The van der Waals surface area contributed by atoms with E-state index in [2.05, 4.69) is 5.32 Å². The lowest BCUT2D eigenvalue weighted by Crippen LogP contribution is -2.29.